The molecular weight excluding hydrogens is 292 g/mol. The van der Waals surface area contributed by atoms with Crippen molar-refractivity contribution >= 4 is 23.5 Å². The minimum Gasteiger partial charge on any atom is -0.465 e. The largest absolute Gasteiger partial charge is 0.465 e. The zero-order valence-corrected chi connectivity index (χ0v) is 13.2. The van der Waals surface area contributed by atoms with E-state index in [9.17, 15) is 4.79 Å². The van der Waals surface area contributed by atoms with E-state index in [1.54, 1.807) is 7.05 Å². The van der Waals surface area contributed by atoms with Crippen LogP contribution in [-0.2, 0) is 6.42 Å². The standard InChI is InChI=1S/C14H21ClN4O2/c1-3-5-10-8-12(17-13(15)16-10)19-7-4-6-11(9-19)18(2)14(20)21/h8,11H,3-7,9H2,1-2H3,(H,20,21). The molecule has 1 atom stereocenters. The van der Waals surface area contributed by atoms with Crippen LogP contribution in [0, 0.1) is 0 Å². The van der Waals surface area contributed by atoms with E-state index in [1.165, 1.54) is 4.90 Å². The van der Waals surface area contributed by atoms with Crippen molar-refractivity contribution in [2.24, 2.45) is 0 Å². The first-order valence-corrected chi connectivity index (χ1v) is 7.63. The van der Waals surface area contributed by atoms with Gasteiger partial charge >= 0.3 is 6.09 Å². The normalized spacial score (nSPS) is 18.6. The Morgan fingerprint density at radius 1 is 1.57 bits per heavy atom. The molecule has 6 nitrogen and oxygen atoms in total. The maximum absolute atomic E-state index is 11.1. The molecule has 0 bridgehead atoms. The van der Waals surface area contributed by atoms with Crippen molar-refractivity contribution in [3.63, 3.8) is 0 Å². The Bertz CT molecular complexity index is 512. The van der Waals surface area contributed by atoms with Crippen molar-refractivity contribution < 1.29 is 9.90 Å². The number of carboxylic acid groups (broad SMARTS) is 1. The summed E-state index contributed by atoms with van der Waals surface area (Å²) in [6.45, 7) is 3.60. The summed E-state index contributed by atoms with van der Waals surface area (Å²) in [6, 6.07) is 1.94. The Kier molecular flexibility index (Phi) is 5.22. The minimum atomic E-state index is -0.894. The van der Waals surface area contributed by atoms with Crippen LogP contribution in [0.2, 0.25) is 5.28 Å². The highest BCUT2D eigenvalue weighted by Crippen LogP contribution is 2.22. The summed E-state index contributed by atoms with van der Waals surface area (Å²) in [6.07, 6.45) is 2.78. The van der Waals surface area contributed by atoms with E-state index in [4.69, 9.17) is 16.7 Å². The van der Waals surface area contributed by atoms with E-state index in [0.29, 0.717) is 6.54 Å². The van der Waals surface area contributed by atoms with Gasteiger partial charge < -0.3 is 14.9 Å². The van der Waals surface area contributed by atoms with Crippen LogP contribution in [0.15, 0.2) is 6.07 Å². The van der Waals surface area contributed by atoms with Crippen LogP contribution < -0.4 is 4.90 Å². The van der Waals surface area contributed by atoms with Gasteiger partial charge in [-0.2, -0.15) is 0 Å². The number of likely N-dealkylation sites (N-methyl/N-ethyl adjacent to an activating group) is 1. The van der Waals surface area contributed by atoms with E-state index in [0.717, 1.165) is 43.7 Å². The van der Waals surface area contributed by atoms with Crippen molar-refractivity contribution in [2.45, 2.75) is 38.6 Å². The molecule has 1 aliphatic heterocycles. The van der Waals surface area contributed by atoms with Gasteiger partial charge in [0.05, 0.1) is 6.04 Å². The number of carbonyl (C=O) groups is 1. The number of aromatic nitrogens is 2. The van der Waals surface area contributed by atoms with Gasteiger partial charge in [0.25, 0.3) is 0 Å². The molecule has 1 N–H and O–H groups in total. The Morgan fingerprint density at radius 3 is 3.00 bits per heavy atom. The van der Waals surface area contributed by atoms with Gasteiger partial charge in [-0.3, -0.25) is 0 Å². The minimum absolute atomic E-state index is 0.0142. The number of rotatable bonds is 4. The SMILES string of the molecule is CCCc1cc(N2CCCC(N(C)C(=O)O)C2)nc(Cl)n1. The van der Waals surface area contributed by atoms with Gasteiger partial charge in [0.1, 0.15) is 5.82 Å². The van der Waals surface area contributed by atoms with Gasteiger partial charge in [-0.05, 0) is 30.9 Å². The number of hydrogen-bond acceptors (Lipinski definition) is 4. The summed E-state index contributed by atoms with van der Waals surface area (Å²) in [5.41, 5.74) is 0.932. The van der Waals surface area contributed by atoms with Crippen LogP contribution in [0.3, 0.4) is 0 Å². The third-order valence-corrected chi connectivity index (χ3v) is 3.98. The molecule has 1 aromatic heterocycles. The Labute approximate surface area is 129 Å². The molecular formula is C14H21ClN4O2. The monoisotopic (exact) mass is 312 g/mol. The average molecular weight is 313 g/mol. The maximum atomic E-state index is 11.1. The van der Waals surface area contributed by atoms with E-state index < -0.39 is 6.09 Å². The molecule has 0 spiro atoms. The van der Waals surface area contributed by atoms with Gasteiger partial charge in [-0.25, -0.2) is 14.8 Å². The summed E-state index contributed by atoms with van der Waals surface area (Å²) in [7, 11) is 1.62. The van der Waals surface area contributed by atoms with Crippen molar-refractivity contribution in [1.82, 2.24) is 14.9 Å². The van der Waals surface area contributed by atoms with Crippen molar-refractivity contribution in [1.29, 1.82) is 0 Å². The zero-order chi connectivity index (χ0) is 15.4. The number of aryl methyl sites for hydroxylation is 1. The number of amides is 1. The summed E-state index contributed by atoms with van der Waals surface area (Å²) in [4.78, 5) is 23.1. The van der Waals surface area contributed by atoms with Gasteiger partial charge in [-0.15, -0.1) is 0 Å². The zero-order valence-electron chi connectivity index (χ0n) is 12.4. The highest BCUT2D eigenvalue weighted by molar-refractivity contribution is 6.28. The lowest BCUT2D eigenvalue weighted by molar-refractivity contribution is 0.133. The maximum Gasteiger partial charge on any atom is 0.407 e. The first-order valence-electron chi connectivity index (χ1n) is 7.25. The molecule has 1 saturated heterocycles. The topological polar surface area (TPSA) is 69.6 Å². The molecule has 0 aromatic carbocycles. The third kappa shape index (κ3) is 3.97. The summed E-state index contributed by atoms with van der Waals surface area (Å²) >= 11 is 6.00. The van der Waals surface area contributed by atoms with Gasteiger partial charge in [0.2, 0.25) is 5.28 Å². The molecule has 0 saturated carbocycles. The van der Waals surface area contributed by atoms with Crippen molar-refractivity contribution in [3.05, 3.63) is 17.0 Å². The molecule has 1 unspecified atom stereocenters. The van der Waals surface area contributed by atoms with E-state index in [-0.39, 0.29) is 11.3 Å². The quantitative estimate of drug-likeness (QED) is 0.866. The lowest BCUT2D eigenvalue weighted by Crippen LogP contribution is -2.48. The fraction of sp³-hybridized carbons (Fsp3) is 0.643. The second-order valence-corrected chi connectivity index (χ2v) is 5.71. The highest BCUT2D eigenvalue weighted by atomic mass is 35.5. The molecule has 21 heavy (non-hydrogen) atoms. The third-order valence-electron chi connectivity index (χ3n) is 3.81. The highest BCUT2D eigenvalue weighted by Gasteiger charge is 2.26. The smallest absolute Gasteiger partial charge is 0.407 e. The number of anilines is 1. The van der Waals surface area contributed by atoms with Crippen LogP contribution in [0.4, 0.5) is 10.6 Å². The Morgan fingerprint density at radius 2 is 2.33 bits per heavy atom. The van der Waals surface area contributed by atoms with Gasteiger partial charge in [-0.1, -0.05) is 13.3 Å². The van der Waals surface area contributed by atoms with Gasteiger partial charge in [0.15, 0.2) is 0 Å². The fourth-order valence-corrected chi connectivity index (χ4v) is 2.83. The van der Waals surface area contributed by atoms with Crippen LogP contribution >= 0.6 is 11.6 Å². The van der Waals surface area contributed by atoms with E-state index in [2.05, 4.69) is 21.8 Å². The number of hydrogen-bond donors (Lipinski definition) is 1. The fourth-order valence-electron chi connectivity index (χ4n) is 2.63. The van der Waals surface area contributed by atoms with Crippen LogP contribution in [-0.4, -0.2) is 52.2 Å². The predicted octanol–water partition coefficient (Wildman–Crippen LogP) is 2.66. The van der Waals surface area contributed by atoms with Crippen molar-refractivity contribution in [2.75, 3.05) is 25.0 Å². The first kappa shape index (κ1) is 15.8. The second-order valence-electron chi connectivity index (χ2n) is 5.37. The summed E-state index contributed by atoms with van der Waals surface area (Å²) in [5, 5.41) is 9.36. The number of nitrogens with zero attached hydrogens (tertiary/aromatic N) is 4. The lowest BCUT2D eigenvalue weighted by atomic mass is 10.0. The van der Waals surface area contributed by atoms with E-state index >= 15 is 0 Å². The molecule has 1 aliphatic rings. The van der Waals surface area contributed by atoms with Crippen molar-refractivity contribution in [3.8, 4) is 0 Å². The molecule has 1 amide bonds. The molecule has 2 rings (SSSR count). The lowest BCUT2D eigenvalue weighted by Gasteiger charge is -2.37. The summed E-state index contributed by atoms with van der Waals surface area (Å²) < 4.78 is 0. The first-order chi connectivity index (χ1) is 10.0. The van der Waals surface area contributed by atoms with Crippen LogP contribution in [0.25, 0.3) is 0 Å². The molecule has 2 heterocycles. The molecule has 1 aromatic rings. The van der Waals surface area contributed by atoms with Crippen LogP contribution in [0.1, 0.15) is 31.9 Å². The second kappa shape index (κ2) is 6.93. The average Bonchev–Trinajstić information content (AvgIpc) is 2.46. The Balaban J connectivity index is 2.15. The molecule has 0 aliphatic carbocycles. The molecule has 116 valence electrons. The summed E-state index contributed by atoms with van der Waals surface area (Å²) in [5.74, 6) is 0.793. The molecule has 0 radical (unpaired) electrons. The van der Waals surface area contributed by atoms with E-state index in [1.807, 2.05) is 6.07 Å². The Hall–Kier alpha value is -1.56. The predicted molar refractivity (Wildman–Crippen MR) is 82.1 cm³/mol. The van der Waals surface area contributed by atoms with Crippen LogP contribution in [0.5, 0.6) is 0 Å². The number of piperidine rings is 1. The molecule has 1 fully saturated rings. The van der Waals surface area contributed by atoms with Gasteiger partial charge in [0, 0.05) is 31.9 Å². The number of halogens is 1. The molecule has 7 heteroatoms.